The summed E-state index contributed by atoms with van der Waals surface area (Å²) < 4.78 is 14.9. The number of nitrogens with zero attached hydrogens (tertiary/aromatic N) is 3. The lowest BCUT2D eigenvalue weighted by molar-refractivity contribution is -0.135. The van der Waals surface area contributed by atoms with Crippen molar-refractivity contribution in [3.8, 4) is 17.6 Å². The Morgan fingerprint density at radius 3 is 2.92 bits per heavy atom. The van der Waals surface area contributed by atoms with Crippen LogP contribution in [0.1, 0.15) is 5.56 Å². The summed E-state index contributed by atoms with van der Waals surface area (Å²) in [5.41, 5.74) is 0.574. The maximum absolute atomic E-state index is 11.7. The molecule has 0 aliphatic carbocycles. The highest BCUT2D eigenvalue weighted by atomic mass is 32.2. The van der Waals surface area contributed by atoms with Gasteiger partial charge in [0.2, 0.25) is 0 Å². The largest absolute Gasteiger partial charge is 0.497 e. The van der Waals surface area contributed by atoms with Crippen molar-refractivity contribution in [2.24, 2.45) is 10.2 Å². The fraction of sp³-hybridized carbons (Fsp3) is 0.188. The van der Waals surface area contributed by atoms with Gasteiger partial charge in [0.15, 0.2) is 11.8 Å². The molecule has 26 heavy (non-hydrogen) atoms. The number of amidine groups is 1. The van der Waals surface area contributed by atoms with Crippen LogP contribution in [0.25, 0.3) is 0 Å². The lowest BCUT2D eigenvalue weighted by atomic mass is 10.2. The van der Waals surface area contributed by atoms with Crippen molar-refractivity contribution in [3.63, 3.8) is 0 Å². The van der Waals surface area contributed by atoms with E-state index < -0.39 is 11.9 Å². The number of carbonyl (C=O) groups excluding carboxylic acids is 2. The quantitative estimate of drug-likeness (QED) is 0.344. The molecule has 1 fully saturated rings. The Balaban J connectivity index is 2.14. The van der Waals surface area contributed by atoms with E-state index in [9.17, 15) is 9.59 Å². The van der Waals surface area contributed by atoms with Crippen LogP contribution in [0.3, 0.4) is 0 Å². The molecule has 1 aromatic rings. The summed E-state index contributed by atoms with van der Waals surface area (Å²) in [5, 5.41) is 19.1. The highest BCUT2D eigenvalue weighted by molar-refractivity contribution is 8.18. The van der Waals surface area contributed by atoms with Crippen LogP contribution in [0.5, 0.6) is 11.5 Å². The minimum atomic E-state index is -0.634. The molecule has 134 valence electrons. The first-order chi connectivity index (χ1) is 12.6. The van der Waals surface area contributed by atoms with Crippen LogP contribution in [0.15, 0.2) is 39.4 Å². The minimum Gasteiger partial charge on any atom is -0.497 e. The summed E-state index contributed by atoms with van der Waals surface area (Å²) in [5.74, 6) is -0.122. The van der Waals surface area contributed by atoms with E-state index in [-0.39, 0.29) is 16.7 Å². The van der Waals surface area contributed by atoms with Gasteiger partial charge < -0.3 is 14.2 Å². The van der Waals surface area contributed by atoms with Gasteiger partial charge in [-0.3, -0.25) is 10.1 Å². The molecule has 1 saturated heterocycles. The fourth-order valence-electron chi connectivity index (χ4n) is 1.77. The minimum absolute atomic E-state index is 0.129. The molecule has 0 aromatic heterocycles. The third-order valence-electron chi connectivity index (χ3n) is 2.96. The second kappa shape index (κ2) is 9.24. The summed E-state index contributed by atoms with van der Waals surface area (Å²) in [6.45, 7) is -0.129. The second-order valence-electron chi connectivity index (χ2n) is 4.59. The summed E-state index contributed by atoms with van der Waals surface area (Å²) in [4.78, 5) is 23.1. The number of esters is 1. The van der Waals surface area contributed by atoms with Crippen molar-refractivity contribution in [2.45, 2.75) is 0 Å². The number of hydrogen-bond acceptors (Lipinski definition) is 9. The number of nitriles is 1. The first-order valence-electron chi connectivity index (χ1n) is 7.15. The van der Waals surface area contributed by atoms with E-state index in [1.165, 1.54) is 20.4 Å². The topological polar surface area (TPSA) is 122 Å². The summed E-state index contributed by atoms with van der Waals surface area (Å²) in [6, 6.07) is 6.90. The normalized spacial score (nSPS) is 16.6. The molecule has 1 heterocycles. The molecule has 0 atom stereocenters. The van der Waals surface area contributed by atoms with Crippen LogP contribution < -0.4 is 14.8 Å². The number of methoxy groups -OCH3 is 2. The van der Waals surface area contributed by atoms with E-state index in [2.05, 4.69) is 20.3 Å². The third kappa shape index (κ3) is 5.09. The maximum atomic E-state index is 11.7. The number of amides is 1. The molecule has 0 saturated carbocycles. The Morgan fingerprint density at radius 2 is 2.23 bits per heavy atom. The Morgan fingerprint density at radius 1 is 1.42 bits per heavy atom. The molecule has 9 nitrogen and oxygen atoms in total. The number of benzene rings is 1. The van der Waals surface area contributed by atoms with E-state index in [0.29, 0.717) is 17.1 Å². The first kappa shape index (κ1) is 19.0. The van der Waals surface area contributed by atoms with Crippen molar-refractivity contribution in [1.29, 1.82) is 5.26 Å². The van der Waals surface area contributed by atoms with E-state index in [1.807, 2.05) is 6.07 Å². The first-order valence-corrected chi connectivity index (χ1v) is 7.96. The molecular formula is C16H14N4O5S. The molecule has 1 amide bonds. The van der Waals surface area contributed by atoms with Gasteiger partial charge >= 0.3 is 5.97 Å². The fourth-order valence-corrected chi connectivity index (χ4v) is 2.51. The zero-order valence-electron chi connectivity index (χ0n) is 13.9. The van der Waals surface area contributed by atoms with Gasteiger partial charge in [-0.2, -0.15) is 10.4 Å². The molecule has 0 unspecified atom stereocenters. The standard InChI is InChI=1S/C16H14N4O5S/c1-23-11-4-3-10(12(7-11)25-6-5-17)9-18-20-16-19-15(22)13(26-16)8-14(21)24-2/h3-4,7-9H,6H2,1-2H3,(H,19,20,22)/b13-8+,18-9?. The molecule has 0 bridgehead atoms. The van der Waals surface area contributed by atoms with Crippen molar-refractivity contribution < 1.29 is 23.8 Å². The Hall–Kier alpha value is -3.32. The number of rotatable bonds is 6. The summed E-state index contributed by atoms with van der Waals surface area (Å²) >= 11 is 0.963. The summed E-state index contributed by atoms with van der Waals surface area (Å²) in [6.07, 6.45) is 2.48. The molecule has 0 spiro atoms. The van der Waals surface area contributed by atoms with Gasteiger partial charge in [-0.1, -0.05) is 0 Å². The molecule has 2 rings (SSSR count). The second-order valence-corrected chi connectivity index (χ2v) is 5.62. The van der Waals surface area contributed by atoms with Crippen LogP contribution in [-0.2, 0) is 14.3 Å². The smallest absolute Gasteiger partial charge is 0.331 e. The van der Waals surface area contributed by atoms with E-state index in [4.69, 9.17) is 14.7 Å². The van der Waals surface area contributed by atoms with E-state index >= 15 is 0 Å². The van der Waals surface area contributed by atoms with Crippen LogP contribution in [0.4, 0.5) is 0 Å². The van der Waals surface area contributed by atoms with Crippen LogP contribution >= 0.6 is 11.8 Å². The van der Waals surface area contributed by atoms with Gasteiger partial charge in [0.05, 0.1) is 25.3 Å². The van der Waals surface area contributed by atoms with Crippen molar-refractivity contribution >= 4 is 35.0 Å². The van der Waals surface area contributed by atoms with Crippen LogP contribution in [0.2, 0.25) is 0 Å². The van der Waals surface area contributed by atoms with Gasteiger partial charge in [0.1, 0.15) is 17.6 Å². The van der Waals surface area contributed by atoms with Crippen molar-refractivity contribution in [2.75, 3.05) is 20.8 Å². The predicted octanol–water partition coefficient (Wildman–Crippen LogP) is 1.21. The highest BCUT2D eigenvalue weighted by Gasteiger charge is 2.25. The zero-order chi connectivity index (χ0) is 18.9. The highest BCUT2D eigenvalue weighted by Crippen LogP contribution is 2.25. The lowest BCUT2D eigenvalue weighted by Crippen LogP contribution is -2.19. The van der Waals surface area contributed by atoms with Gasteiger partial charge in [0.25, 0.3) is 5.91 Å². The molecule has 10 heteroatoms. The van der Waals surface area contributed by atoms with Crippen LogP contribution in [0, 0.1) is 11.3 Å². The summed E-state index contributed by atoms with van der Waals surface area (Å²) in [7, 11) is 2.74. The Kier molecular flexibility index (Phi) is 6.75. The average Bonchev–Trinajstić information content (AvgIpc) is 2.99. The molecule has 1 aliphatic heterocycles. The number of nitrogens with one attached hydrogen (secondary N) is 1. The van der Waals surface area contributed by atoms with Crippen LogP contribution in [-0.4, -0.2) is 44.1 Å². The van der Waals surface area contributed by atoms with Gasteiger partial charge in [0, 0.05) is 17.7 Å². The SMILES string of the molecule is COC(=O)/C=C1/S/C(=N\N=Cc2ccc(OC)cc2OCC#N)NC1=O. The van der Waals surface area contributed by atoms with Gasteiger partial charge in [-0.15, -0.1) is 5.10 Å². The van der Waals surface area contributed by atoms with Crippen molar-refractivity contribution in [1.82, 2.24) is 5.32 Å². The molecule has 1 aromatic carbocycles. The Labute approximate surface area is 153 Å². The molecule has 0 radical (unpaired) electrons. The van der Waals surface area contributed by atoms with E-state index in [0.717, 1.165) is 17.8 Å². The third-order valence-corrected chi connectivity index (χ3v) is 3.86. The number of ether oxygens (including phenoxy) is 3. The maximum Gasteiger partial charge on any atom is 0.331 e. The lowest BCUT2D eigenvalue weighted by Gasteiger charge is -2.07. The van der Waals surface area contributed by atoms with Crippen molar-refractivity contribution in [3.05, 3.63) is 34.7 Å². The average molecular weight is 374 g/mol. The molecule has 1 aliphatic rings. The molecule has 1 N–H and O–H groups in total. The van der Waals surface area contributed by atoms with Gasteiger partial charge in [-0.05, 0) is 23.9 Å². The van der Waals surface area contributed by atoms with Gasteiger partial charge in [-0.25, -0.2) is 4.79 Å². The van der Waals surface area contributed by atoms with E-state index in [1.54, 1.807) is 18.2 Å². The number of thioether (sulfide) groups is 1. The Bertz CT molecular complexity index is 842. The monoisotopic (exact) mass is 374 g/mol. The zero-order valence-corrected chi connectivity index (χ0v) is 14.7. The number of carbonyl (C=O) groups is 2. The molecular weight excluding hydrogens is 360 g/mol. The predicted molar refractivity (Wildman–Crippen MR) is 95.0 cm³/mol. The number of hydrogen-bond donors (Lipinski definition) is 1.